The fraction of sp³-hybridized carbons (Fsp3) is 0.286. The standard InChI is InChI=1S/C21H24O5/c1-13-9-14(2)15(3)17(10-13)26-20(22)8-7-16-11-18(23-4)21(25-6)19(12-16)24-5/h7-12H,1-6H3/b8-7+. The number of rotatable bonds is 6. The quantitative estimate of drug-likeness (QED) is 0.440. The molecule has 0 aliphatic rings. The minimum absolute atomic E-state index is 0.452. The molecule has 26 heavy (non-hydrogen) atoms. The summed E-state index contributed by atoms with van der Waals surface area (Å²) in [5.41, 5.74) is 3.81. The molecule has 0 saturated carbocycles. The Morgan fingerprint density at radius 3 is 2.00 bits per heavy atom. The monoisotopic (exact) mass is 356 g/mol. The average Bonchev–Trinajstić information content (AvgIpc) is 2.62. The minimum atomic E-state index is -0.452. The second-order valence-electron chi connectivity index (χ2n) is 5.92. The molecule has 0 aliphatic heterocycles. The Bertz CT molecular complexity index is 812. The Balaban J connectivity index is 2.23. The fourth-order valence-electron chi connectivity index (χ4n) is 2.61. The lowest BCUT2D eigenvalue weighted by atomic mass is 10.1. The molecule has 0 aromatic heterocycles. The molecule has 5 nitrogen and oxygen atoms in total. The van der Waals surface area contributed by atoms with Crippen LogP contribution >= 0.6 is 0 Å². The fourth-order valence-corrected chi connectivity index (χ4v) is 2.61. The van der Waals surface area contributed by atoms with Crippen LogP contribution < -0.4 is 18.9 Å². The van der Waals surface area contributed by atoms with Gasteiger partial charge in [-0.25, -0.2) is 4.79 Å². The van der Waals surface area contributed by atoms with Gasteiger partial charge < -0.3 is 18.9 Å². The molecule has 2 aromatic rings. The Hall–Kier alpha value is -2.95. The highest BCUT2D eigenvalue weighted by atomic mass is 16.5. The van der Waals surface area contributed by atoms with Gasteiger partial charge in [0, 0.05) is 6.08 Å². The van der Waals surface area contributed by atoms with Crippen LogP contribution in [0.5, 0.6) is 23.0 Å². The zero-order chi connectivity index (χ0) is 19.3. The third kappa shape index (κ3) is 4.36. The Morgan fingerprint density at radius 2 is 1.46 bits per heavy atom. The van der Waals surface area contributed by atoms with Crippen molar-refractivity contribution in [2.45, 2.75) is 20.8 Å². The van der Waals surface area contributed by atoms with Crippen molar-refractivity contribution in [2.75, 3.05) is 21.3 Å². The Morgan fingerprint density at radius 1 is 0.846 bits per heavy atom. The molecule has 2 aromatic carbocycles. The molecule has 138 valence electrons. The van der Waals surface area contributed by atoms with Gasteiger partial charge in [0.25, 0.3) is 0 Å². The van der Waals surface area contributed by atoms with Gasteiger partial charge in [-0.05, 0) is 67.3 Å². The Kier molecular flexibility index (Phi) is 6.28. The molecule has 0 unspecified atom stereocenters. The summed E-state index contributed by atoms with van der Waals surface area (Å²) in [6.45, 7) is 5.89. The molecule has 0 radical (unpaired) electrons. The van der Waals surface area contributed by atoms with Crippen molar-refractivity contribution in [2.24, 2.45) is 0 Å². The predicted octanol–water partition coefficient (Wildman–Crippen LogP) is 4.26. The molecule has 5 heteroatoms. The molecular formula is C21H24O5. The lowest BCUT2D eigenvalue weighted by Crippen LogP contribution is -2.06. The van der Waals surface area contributed by atoms with Gasteiger partial charge in [0.05, 0.1) is 21.3 Å². The van der Waals surface area contributed by atoms with Crippen LogP contribution in [-0.4, -0.2) is 27.3 Å². The van der Waals surface area contributed by atoms with E-state index in [-0.39, 0.29) is 0 Å². The molecule has 0 fully saturated rings. The third-order valence-electron chi connectivity index (χ3n) is 4.07. The smallest absolute Gasteiger partial charge is 0.336 e. The van der Waals surface area contributed by atoms with Gasteiger partial charge in [-0.2, -0.15) is 0 Å². The second kappa shape index (κ2) is 8.43. The molecule has 0 amide bonds. The molecule has 0 atom stereocenters. The first kappa shape index (κ1) is 19.4. The lowest BCUT2D eigenvalue weighted by Gasteiger charge is -2.13. The van der Waals surface area contributed by atoms with Crippen molar-refractivity contribution in [1.29, 1.82) is 0 Å². The van der Waals surface area contributed by atoms with Crippen LogP contribution in [0.15, 0.2) is 30.3 Å². The van der Waals surface area contributed by atoms with E-state index in [1.54, 1.807) is 39.5 Å². The van der Waals surface area contributed by atoms with E-state index in [9.17, 15) is 4.79 Å². The number of methoxy groups -OCH3 is 3. The van der Waals surface area contributed by atoms with Gasteiger partial charge >= 0.3 is 5.97 Å². The molecule has 0 heterocycles. The van der Waals surface area contributed by atoms with Crippen molar-refractivity contribution in [3.8, 4) is 23.0 Å². The topological polar surface area (TPSA) is 54.0 Å². The van der Waals surface area contributed by atoms with Gasteiger partial charge in [-0.1, -0.05) is 6.07 Å². The van der Waals surface area contributed by atoms with E-state index in [1.165, 1.54) is 6.08 Å². The number of aryl methyl sites for hydroxylation is 2. The van der Waals surface area contributed by atoms with Crippen LogP contribution in [0.4, 0.5) is 0 Å². The maximum atomic E-state index is 12.2. The molecule has 0 spiro atoms. The highest BCUT2D eigenvalue weighted by molar-refractivity contribution is 5.89. The number of carbonyl (C=O) groups is 1. The largest absolute Gasteiger partial charge is 0.493 e. The van der Waals surface area contributed by atoms with E-state index in [4.69, 9.17) is 18.9 Å². The molecule has 0 saturated heterocycles. The summed E-state index contributed by atoms with van der Waals surface area (Å²) in [6.07, 6.45) is 3.02. The average molecular weight is 356 g/mol. The maximum absolute atomic E-state index is 12.2. The second-order valence-corrected chi connectivity index (χ2v) is 5.92. The van der Waals surface area contributed by atoms with Crippen molar-refractivity contribution >= 4 is 12.0 Å². The van der Waals surface area contributed by atoms with Crippen LogP contribution in [0.25, 0.3) is 6.08 Å². The molecule has 0 aliphatic carbocycles. The Labute approximate surface area is 154 Å². The zero-order valence-electron chi connectivity index (χ0n) is 16.0. The highest BCUT2D eigenvalue weighted by Gasteiger charge is 2.12. The van der Waals surface area contributed by atoms with Crippen molar-refractivity contribution < 1.29 is 23.7 Å². The van der Waals surface area contributed by atoms with Gasteiger partial charge in [0.1, 0.15) is 5.75 Å². The summed E-state index contributed by atoms with van der Waals surface area (Å²) in [7, 11) is 4.63. The van der Waals surface area contributed by atoms with Crippen LogP contribution in [0.3, 0.4) is 0 Å². The van der Waals surface area contributed by atoms with Gasteiger partial charge in [-0.3, -0.25) is 0 Å². The van der Waals surface area contributed by atoms with Crippen LogP contribution in [0.1, 0.15) is 22.3 Å². The summed E-state index contributed by atoms with van der Waals surface area (Å²) in [5.74, 6) is 1.66. The van der Waals surface area contributed by atoms with E-state index in [2.05, 4.69) is 6.07 Å². The maximum Gasteiger partial charge on any atom is 0.336 e. The summed E-state index contributed by atoms with van der Waals surface area (Å²) < 4.78 is 21.4. The van der Waals surface area contributed by atoms with Crippen LogP contribution in [-0.2, 0) is 4.79 Å². The van der Waals surface area contributed by atoms with E-state index in [0.717, 1.165) is 22.3 Å². The van der Waals surface area contributed by atoms with E-state index >= 15 is 0 Å². The van der Waals surface area contributed by atoms with E-state index < -0.39 is 5.97 Å². The SMILES string of the molecule is COc1cc(/C=C/C(=O)Oc2cc(C)cc(C)c2C)cc(OC)c1OC. The third-order valence-corrected chi connectivity index (χ3v) is 4.07. The molecule has 0 bridgehead atoms. The first-order valence-electron chi connectivity index (χ1n) is 8.17. The summed E-state index contributed by atoms with van der Waals surface area (Å²) in [5, 5.41) is 0. The number of esters is 1. The van der Waals surface area contributed by atoms with Crippen molar-refractivity contribution in [3.05, 3.63) is 52.6 Å². The number of carbonyl (C=O) groups excluding carboxylic acids is 1. The predicted molar refractivity (Wildman–Crippen MR) is 101 cm³/mol. The molecule has 2 rings (SSSR count). The van der Waals surface area contributed by atoms with Crippen molar-refractivity contribution in [1.82, 2.24) is 0 Å². The lowest BCUT2D eigenvalue weighted by molar-refractivity contribution is -0.128. The summed E-state index contributed by atoms with van der Waals surface area (Å²) in [4.78, 5) is 12.2. The normalized spacial score (nSPS) is 10.7. The molecule has 0 N–H and O–H groups in total. The van der Waals surface area contributed by atoms with Gasteiger partial charge in [0.2, 0.25) is 5.75 Å². The van der Waals surface area contributed by atoms with Gasteiger partial charge in [-0.15, -0.1) is 0 Å². The summed E-state index contributed by atoms with van der Waals surface area (Å²) >= 11 is 0. The first-order chi connectivity index (χ1) is 12.4. The van der Waals surface area contributed by atoms with E-state index in [0.29, 0.717) is 23.0 Å². The molecular weight excluding hydrogens is 332 g/mol. The van der Waals surface area contributed by atoms with Crippen molar-refractivity contribution in [3.63, 3.8) is 0 Å². The number of benzene rings is 2. The summed E-state index contributed by atoms with van der Waals surface area (Å²) in [6, 6.07) is 7.42. The zero-order valence-corrected chi connectivity index (χ0v) is 16.0. The highest BCUT2D eigenvalue weighted by Crippen LogP contribution is 2.38. The van der Waals surface area contributed by atoms with Crippen LogP contribution in [0.2, 0.25) is 0 Å². The van der Waals surface area contributed by atoms with Crippen LogP contribution in [0, 0.1) is 20.8 Å². The number of hydrogen-bond donors (Lipinski definition) is 0. The minimum Gasteiger partial charge on any atom is -0.493 e. The first-order valence-corrected chi connectivity index (χ1v) is 8.17. The number of hydrogen-bond acceptors (Lipinski definition) is 5. The van der Waals surface area contributed by atoms with E-state index in [1.807, 2.05) is 26.8 Å². The van der Waals surface area contributed by atoms with Gasteiger partial charge in [0.15, 0.2) is 11.5 Å². The number of ether oxygens (including phenoxy) is 4.